The normalized spacial score (nSPS) is 12.6. The molecular weight excluding hydrogens is 269 g/mol. The summed E-state index contributed by atoms with van der Waals surface area (Å²) < 4.78 is 10.3. The topological polar surface area (TPSA) is 159 Å². The number of hydrogen-bond acceptors (Lipinski definition) is 5. The van der Waals surface area contributed by atoms with Gasteiger partial charge >= 0.3 is 13.6 Å². The molecule has 0 bridgehead atoms. The van der Waals surface area contributed by atoms with Gasteiger partial charge in [0.2, 0.25) is 0 Å². The van der Waals surface area contributed by atoms with Crippen molar-refractivity contribution in [1.29, 1.82) is 0 Å². The van der Waals surface area contributed by atoms with Crippen LogP contribution >= 0.6 is 7.82 Å². The lowest BCUT2D eigenvalue weighted by Gasteiger charge is -2.04. The molecule has 0 aliphatic heterocycles. The Morgan fingerprint density at radius 1 is 1.56 bits per heavy atom. The number of aromatic nitrogens is 2. The zero-order valence-corrected chi connectivity index (χ0v) is 10.6. The van der Waals surface area contributed by atoms with Gasteiger partial charge in [-0.3, -0.25) is 0 Å². The average Bonchev–Trinajstić information content (AvgIpc) is 2.44. The van der Waals surface area contributed by atoms with Crippen molar-refractivity contribution in [1.82, 2.24) is 9.55 Å². The summed E-state index contributed by atoms with van der Waals surface area (Å²) in [5.41, 5.74) is 0. The summed E-state index contributed by atoms with van der Waals surface area (Å²) >= 11 is 0. The minimum atomic E-state index is -4.64. The number of phosphoric acid groups is 1. The molecule has 4 N–H and O–H groups in total. The fourth-order valence-corrected chi connectivity index (χ4v) is 1.09. The molecule has 1 atom stereocenters. The molecule has 0 radical (unpaired) electrons. The van der Waals surface area contributed by atoms with E-state index in [1.165, 1.54) is 10.8 Å². The fourth-order valence-electron chi connectivity index (χ4n) is 1.09. The van der Waals surface area contributed by atoms with Gasteiger partial charge in [-0.1, -0.05) is 0 Å². The molecule has 104 valence electrons. The molecule has 0 aliphatic rings. The number of nitrogens with zero attached hydrogens (tertiary/aromatic N) is 3. The van der Waals surface area contributed by atoms with E-state index in [9.17, 15) is 10.1 Å². The van der Waals surface area contributed by atoms with E-state index >= 15 is 0 Å². The van der Waals surface area contributed by atoms with Crippen molar-refractivity contribution < 1.29 is 29.3 Å². The van der Waals surface area contributed by atoms with Crippen LogP contribution in [-0.4, -0.2) is 40.4 Å². The first-order chi connectivity index (χ1) is 8.02. The number of aryl methyl sites for hydroxylation is 1. The van der Waals surface area contributed by atoms with Crippen LogP contribution in [0.25, 0.3) is 0 Å². The number of nitro groups is 1. The number of rotatable bonds is 3. The first kappa shape index (κ1) is 16.7. The Labute approximate surface area is 102 Å². The average molecular weight is 283 g/mol. The van der Waals surface area contributed by atoms with E-state index in [1.54, 1.807) is 13.8 Å². The summed E-state index contributed by atoms with van der Waals surface area (Å²) in [7, 11) is -4.64. The van der Waals surface area contributed by atoms with Gasteiger partial charge in [0.25, 0.3) is 0 Å². The van der Waals surface area contributed by atoms with Crippen LogP contribution in [0.4, 0.5) is 5.82 Å². The summed E-state index contributed by atoms with van der Waals surface area (Å²) in [4.78, 5) is 35.3. The Morgan fingerprint density at radius 2 is 2.00 bits per heavy atom. The Morgan fingerprint density at radius 3 is 2.33 bits per heavy atom. The highest BCUT2D eigenvalue weighted by Gasteiger charge is 2.18. The van der Waals surface area contributed by atoms with Crippen LogP contribution in [0.5, 0.6) is 0 Å². The lowest BCUT2D eigenvalue weighted by molar-refractivity contribution is -0.392. The van der Waals surface area contributed by atoms with Crippen LogP contribution < -0.4 is 0 Å². The minimum absolute atomic E-state index is 0.0848. The Kier molecular flexibility index (Phi) is 6.09. The molecule has 0 spiro atoms. The zero-order chi connectivity index (χ0) is 14.5. The second-order valence-electron chi connectivity index (χ2n) is 3.39. The summed E-state index contributed by atoms with van der Waals surface area (Å²) in [5.74, 6) is 0.450. The van der Waals surface area contributed by atoms with Gasteiger partial charge in [-0.2, -0.15) is 0 Å². The highest BCUT2D eigenvalue weighted by atomic mass is 31.2. The van der Waals surface area contributed by atoms with Crippen LogP contribution in [0.15, 0.2) is 6.20 Å². The zero-order valence-electron chi connectivity index (χ0n) is 9.66. The van der Waals surface area contributed by atoms with Crippen molar-refractivity contribution in [2.75, 3.05) is 0 Å². The molecule has 11 heteroatoms. The van der Waals surface area contributed by atoms with Crippen LogP contribution in [-0.2, 0) is 11.1 Å². The Bertz CT molecular complexity index is 444. The molecular formula is C7H14N3O7P. The fraction of sp³-hybridized carbons (Fsp3) is 0.571. The van der Waals surface area contributed by atoms with Gasteiger partial charge < -0.3 is 29.9 Å². The van der Waals surface area contributed by atoms with Crippen molar-refractivity contribution in [3.63, 3.8) is 0 Å². The molecule has 0 saturated heterocycles. The standard InChI is InChI=1S/C7H11N3O3.H3O4P/c1-5(11)4-9-6(2)8-3-7(9)10(12)13;1-5(2,3)4/h3,5,11H,4H2,1-2H3;(H3,1,2,3,4). The molecule has 18 heavy (non-hydrogen) atoms. The predicted molar refractivity (Wildman–Crippen MR) is 59.6 cm³/mol. The third-order valence-corrected chi connectivity index (χ3v) is 1.67. The molecule has 1 aromatic rings. The van der Waals surface area contributed by atoms with E-state index < -0.39 is 18.8 Å². The molecule has 0 aromatic carbocycles. The van der Waals surface area contributed by atoms with Crippen molar-refractivity contribution in [3.8, 4) is 0 Å². The third kappa shape index (κ3) is 7.09. The van der Waals surface area contributed by atoms with Gasteiger partial charge in [0.15, 0.2) is 5.82 Å². The first-order valence-corrected chi connectivity index (χ1v) is 6.21. The molecule has 1 aromatic heterocycles. The van der Waals surface area contributed by atoms with Gasteiger partial charge in [0.05, 0.1) is 6.10 Å². The largest absolute Gasteiger partial charge is 0.466 e. The van der Waals surface area contributed by atoms with Gasteiger partial charge in [-0.15, -0.1) is 0 Å². The van der Waals surface area contributed by atoms with Gasteiger partial charge in [0, 0.05) is 6.92 Å². The molecule has 0 aliphatic carbocycles. The molecule has 0 amide bonds. The first-order valence-electron chi connectivity index (χ1n) is 4.65. The summed E-state index contributed by atoms with van der Waals surface area (Å²) in [6.07, 6.45) is 0.573. The molecule has 0 fully saturated rings. The molecule has 10 nitrogen and oxygen atoms in total. The Balaban J connectivity index is 0.000000494. The van der Waals surface area contributed by atoms with E-state index in [0.29, 0.717) is 5.82 Å². The van der Waals surface area contributed by atoms with E-state index in [4.69, 9.17) is 24.4 Å². The van der Waals surface area contributed by atoms with E-state index in [2.05, 4.69) is 4.98 Å². The monoisotopic (exact) mass is 283 g/mol. The van der Waals surface area contributed by atoms with Crippen LogP contribution in [0.2, 0.25) is 0 Å². The van der Waals surface area contributed by atoms with Crippen molar-refractivity contribution >= 4 is 13.6 Å². The molecule has 1 rings (SSSR count). The van der Waals surface area contributed by atoms with Crippen molar-refractivity contribution in [2.45, 2.75) is 26.5 Å². The maximum atomic E-state index is 10.5. The maximum Gasteiger partial charge on any atom is 0.466 e. The number of aliphatic hydroxyl groups is 1. The van der Waals surface area contributed by atoms with E-state index in [-0.39, 0.29) is 12.4 Å². The SMILES string of the molecule is Cc1ncc([N+](=O)[O-])n1CC(C)O.O=P(O)(O)O. The number of hydrogen-bond donors (Lipinski definition) is 4. The molecule has 1 heterocycles. The van der Waals surface area contributed by atoms with Crippen LogP contribution in [0, 0.1) is 17.0 Å². The van der Waals surface area contributed by atoms with Gasteiger partial charge in [0.1, 0.15) is 12.7 Å². The summed E-state index contributed by atoms with van der Waals surface area (Å²) in [5, 5.41) is 19.6. The van der Waals surface area contributed by atoms with Crippen molar-refractivity contribution in [2.24, 2.45) is 0 Å². The van der Waals surface area contributed by atoms with Gasteiger partial charge in [-0.25, -0.2) is 14.1 Å². The quantitative estimate of drug-likeness (QED) is 0.329. The summed E-state index contributed by atoms with van der Waals surface area (Å²) in [6, 6.07) is 0. The van der Waals surface area contributed by atoms with Gasteiger partial charge in [-0.05, 0) is 11.8 Å². The smallest absolute Gasteiger partial charge is 0.389 e. The lowest BCUT2D eigenvalue weighted by Crippen LogP contribution is -2.14. The lowest BCUT2D eigenvalue weighted by atomic mass is 10.4. The number of imidazole rings is 1. The molecule has 0 saturated carbocycles. The van der Waals surface area contributed by atoms with E-state index in [1.807, 2.05) is 0 Å². The Hall–Kier alpha value is -1.32. The predicted octanol–water partition coefficient (Wildman–Crippen LogP) is -0.448. The minimum Gasteiger partial charge on any atom is -0.389 e. The summed E-state index contributed by atoms with van der Waals surface area (Å²) in [6.45, 7) is 3.43. The maximum absolute atomic E-state index is 10.5. The second kappa shape index (κ2) is 6.57. The highest BCUT2D eigenvalue weighted by Crippen LogP contribution is 2.25. The highest BCUT2D eigenvalue weighted by molar-refractivity contribution is 7.45. The third-order valence-electron chi connectivity index (χ3n) is 1.67. The van der Waals surface area contributed by atoms with E-state index in [0.717, 1.165) is 0 Å². The van der Waals surface area contributed by atoms with Crippen LogP contribution in [0.3, 0.4) is 0 Å². The second-order valence-corrected chi connectivity index (χ2v) is 4.42. The van der Waals surface area contributed by atoms with Crippen LogP contribution in [0.1, 0.15) is 12.7 Å². The molecule has 1 unspecified atom stereocenters. The van der Waals surface area contributed by atoms with Crippen molar-refractivity contribution in [3.05, 3.63) is 22.1 Å². The number of aliphatic hydroxyl groups excluding tert-OH is 1.